The summed E-state index contributed by atoms with van der Waals surface area (Å²) in [4.78, 5) is 15.1. The highest BCUT2D eigenvalue weighted by Crippen LogP contribution is 2.15. The lowest BCUT2D eigenvalue weighted by atomic mass is 10.2. The van der Waals surface area contributed by atoms with Crippen LogP contribution in [0.15, 0.2) is 48.5 Å². The van der Waals surface area contributed by atoms with Crippen LogP contribution in [0.5, 0.6) is 11.5 Å². The minimum atomic E-state index is 0.102. The molecular weight excluding hydrogens is 390 g/mol. The van der Waals surface area contributed by atoms with Crippen molar-refractivity contribution in [1.29, 1.82) is 0 Å². The Balaban J connectivity index is 1.29. The van der Waals surface area contributed by atoms with Gasteiger partial charge in [0.1, 0.15) is 50.8 Å². The summed E-state index contributed by atoms with van der Waals surface area (Å²) >= 11 is 5.88. The average molecular weight is 420 g/mol. The molecule has 0 aromatic heterocycles. The van der Waals surface area contributed by atoms with Crippen LogP contribution in [0, 0.1) is 0 Å². The number of hydrogen-bond donors (Lipinski definition) is 3. The maximum Gasteiger partial charge on any atom is 0.275 e. The number of amides is 1. The fourth-order valence-corrected chi connectivity index (χ4v) is 3.59. The Labute approximate surface area is 177 Å². The van der Waals surface area contributed by atoms with Crippen molar-refractivity contribution in [2.45, 2.75) is 6.54 Å². The summed E-state index contributed by atoms with van der Waals surface area (Å²) < 4.78 is 10.9. The van der Waals surface area contributed by atoms with Crippen LogP contribution in [-0.2, 0) is 11.3 Å². The highest BCUT2D eigenvalue weighted by atomic mass is 35.5. The van der Waals surface area contributed by atoms with Gasteiger partial charge in [-0.25, -0.2) is 0 Å². The molecule has 0 spiro atoms. The van der Waals surface area contributed by atoms with Gasteiger partial charge in [-0.2, -0.15) is 0 Å². The van der Waals surface area contributed by atoms with Gasteiger partial charge in [0, 0.05) is 11.6 Å². The summed E-state index contributed by atoms with van der Waals surface area (Å²) in [5, 5.41) is 3.73. The number of quaternary nitrogens is 2. The van der Waals surface area contributed by atoms with Crippen LogP contribution >= 0.6 is 11.6 Å². The Morgan fingerprint density at radius 3 is 2.24 bits per heavy atom. The first-order valence-electron chi connectivity index (χ1n) is 10.1. The van der Waals surface area contributed by atoms with E-state index in [2.05, 4.69) is 5.32 Å². The third kappa shape index (κ3) is 7.24. The first-order valence-corrected chi connectivity index (χ1v) is 10.5. The summed E-state index contributed by atoms with van der Waals surface area (Å²) in [6.07, 6.45) is 0. The average Bonchev–Trinajstić information content (AvgIpc) is 2.75. The van der Waals surface area contributed by atoms with E-state index in [-0.39, 0.29) is 5.91 Å². The third-order valence-corrected chi connectivity index (χ3v) is 5.51. The number of nitrogens with one attached hydrogen (secondary N) is 3. The molecule has 1 aliphatic rings. The predicted molar refractivity (Wildman–Crippen MR) is 113 cm³/mol. The lowest BCUT2D eigenvalue weighted by Crippen LogP contribution is -3.28. The van der Waals surface area contributed by atoms with Crippen LogP contribution in [0.1, 0.15) is 5.56 Å². The van der Waals surface area contributed by atoms with E-state index in [0.717, 1.165) is 54.8 Å². The summed E-state index contributed by atoms with van der Waals surface area (Å²) in [5.74, 6) is 1.78. The van der Waals surface area contributed by atoms with Gasteiger partial charge >= 0.3 is 0 Å². The van der Waals surface area contributed by atoms with Crippen LogP contribution in [-0.4, -0.2) is 58.9 Å². The molecule has 7 heteroatoms. The standard InChI is InChI=1S/C22H28ClN3O3/c1-28-20-6-2-18(3-7-20)16-24-22(27)17-26-12-10-25(11-13-26)14-15-29-21-8-4-19(23)5-9-21/h2-9H,10-17H2,1H3,(H,24,27)/p+2. The normalized spacial score (nSPS) is 18.8. The van der Waals surface area contributed by atoms with Gasteiger partial charge in [0.25, 0.3) is 5.91 Å². The van der Waals surface area contributed by atoms with Gasteiger partial charge in [0.05, 0.1) is 7.11 Å². The monoisotopic (exact) mass is 419 g/mol. The molecule has 0 unspecified atom stereocenters. The first-order chi connectivity index (χ1) is 14.1. The minimum Gasteiger partial charge on any atom is -0.497 e. The lowest BCUT2D eigenvalue weighted by molar-refractivity contribution is -1.01. The molecule has 2 aromatic rings. The van der Waals surface area contributed by atoms with Gasteiger partial charge in [-0.3, -0.25) is 4.79 Å². The van der Waals surface area contributed by atoms with Crippen LogP contribution < -0.4 is 24.6 Å². The maximum absolute atomic E-state index is 12.2. The van der Waals surface area contributed by atoms with Crippen molar-refractivity contribution in [2.24, 2.45) is 0 Å². The molecule has 156 valence electrons. The van der Waals surface area contributed by atoms with Gasteiger partial charge in [-0.05, 0) is 42.0 Å². The molecule has 1 aliphatic heterocycles. The molecule has 1 saturated heterocycles. The molecule has 6 nitrogen and oxygen atoms in total. The van der Waals surface area contributed by atoms with Crippen LogP contribution in [0.25, 0.3) is 0 Å². The number of hydrogen-bond acceptors (Lipinski definition) is 3. The fraction of sp³-hybridized carbons (Fsp3) is 0.409. The topological polar surface area (TPSA) is 56.4 Å². The van der Waals surface area contributed by atoms with Crippen LogP contribution in [0.4, 0.5) is 0 Å². The zero-order valence-electron chi connectivity index (χ0n) is 16.9. The quantitative estimate of drug-likeness (QED) is 0.529. The molecule has 2 aromatic carbocycles. The summed E-state index contributed by atoms with van der Waals surface area (Å²) in [6.45, 7) is 6.88. The summed E-state index contributed by atoms with van der Waals surface area (Å²) in [5.41, 5.74) is 1.07. The molecule has 0 atom stereocenters. The van der Waals surface area contributed by atoms with Gasteiger partial charge in [0.2, 0.25) is 0 Å². The Hall–Kier alpha value is -2.28. The molecule has 0 bridgehead atoms. The van der Waals surface area contributed by atoms with E-state index < -0.39 is 0 Å². The Morgan fingerprint density at radius 1 is 0.966 bits per heavy atom. The molecule has 1 heterocycles. The number of carbonyl (C=O) groups excluding carboxylic acids is 1. The SMILES string of the molecule is COc1ccc(CNC(=O)C[NH+]2CC[NH+](CCOc3ccc(Cl)cc3)CC2)cc1. The highest BCUT2D eigenvalue weighted by Gasteiger charge is 2.24. The van der Waals surface area contributed by atoms with Crippen molar-refractivity contribution >= 4 is 17.5 Å². The predicted octanol–water partition coefficient (Wildman–Crippen LogP) is -0.173. The number of methoxy groups -OCH3 is 1. The second-order valence-corrected chi connectivity index (χ2v) is 7.79. The summed E-state index contributed by atoms with van der Waals surface area (Å²) in [6, 6.07) is 15.2. The molecule has 1 fully saturated rings. The molecule has 0 radical (unpaired) electrons. The van der Waals surface area contributed by atoms with Crippen molar-refractivity contribution in [3.63, 3.8) is 0 Å². The number of halogens is 1. The summed E-state index contributed by atoms with van der Waals surface area (Å²) in [7, 11) is 1.65. The molecule has 0 saturated carbocycles. The van der Waals surface area contributed by atoms with Crippen LogP contribution in [0.2, 0.25) is 5.02 Å². The van der Waals surface area contributed by atoms with Crippen molar-refractivity contribution in [2.75, 3.05) is 53.0 Å². The largest absolute Gasteiger partial charge is 0.497 e. The number of rotatable bonds is 9. The van der Waals surface area contributed by atoms with Crippen molar-refractivity contribution in [3.05, 3.63) is 59.1 Å². The molecule has 29 heavy (non-hydrogen) atoms. The zero-order valence-corrected chi connectivity index (χ0v) is 17.6. The second kappa shape index (κ2) is 11.0. The smallest absolute Gasteiger partial charge is 0.275 e. The number of carbonyl (C=O) groups is 1. The third-order valence-electron chi connectivity index (χ3n) is 5.26. The van der Waals surface area contributed by atoms with E-state index in [9.17, 15) is 4.79 Å². The van der Waals surface area contributed by atoms with E-state index in [1.54, 1.807) is 7.11 Å². The van der Waals surface area contributed by atoms with Gasteiger partial charge in [-0.1, -0.05) is 23.7 Å². The van der Waals surface area contributed by atoms with E-state index in [1.165, 1.54) is 9.80 Å². The van der Waals surface area contributed by atoms with Gasteiger partial charge in [0.15, 0.2) is 6.54 Å². The highest BCUT2D eigenvalue weighted by molar-refractivity contribution is 6.30. The van der Waals surface area contributed by atoms with E-state index in [4.69, 9.17) is 21.1 Å². The van der Waals surface area contributed by atoms with E-state index in [0.29, 0.717) is 19.7 Å². The Morgan fingerprint density at radius 2 is 1.59 bits per heavy atom. The fourth-order valence-electron chi connectivity index (χ4n) is 3.46. The van der Waals surface area contributed by atoms with Crippen LogP contribution in [0.3, 0.4) is 0 Å². The molecule has 0 aliphatic carbocycles. The number of benzene rings is 2. The molecule has 3 rings (SSSR count). The van der Waals surface area contributed by atoms with Gasteiger partial charge in [-0.15, -0.1) is 0 Å². The first kappa shape index (κ1) is 21.4. The van der Waals surface area contributed by atoms with E-state index in [1.807, 2.05) is 48.5 Å². The minimum absolute atomic E-state index is 0.102. The lowest BCUT2D eigenvalue weighted by Gasteiger charge is -2.29. The number of ether oxygens (including phenoxy) is 2. The Kier molecular flexibility index (Phi) is 8.16. The molecule has 3 N–H and O–H groups in total. The number of piperazine rings is 1. The van der Waals surface area contributed by atoms with Crippen molar-refractivity contribution in [1.82, 2.24) is 5.32 Å². The Bertz CT molecular complexity index is 760. The maximum atomic E-state index is 12.2. The van der Waals surface area contributed by atoms with Gasteiger partial charge < -0.3 is 24.6 Å². The van der Waals surface area contributed by atoms with E-state index >= 15 is 0 Å². The van der Waals surface area contributed by atoms with Crippen molar-refractivity contribution < 1.29 is 24.1 Å². The molecular formula is C22H30ClN3O3+2. The zero-order chi connectivity index (χ0) is 20.5. The van der Waals surface area contributed by atoms with Crippen molar-refractivity contribution in [3.8, 4) is 11.5 Å². The second-order valence-electron chi connectivity index (χ2n) is 7.35. The molecule has 1 amide bonds.